The minimum Gasteiger partial charge on any atom is -0.469 e. The zero-order chi connectivity index (χ0) is 22.6. The Morgan fingerprint density at radius 1 is 1.13 bits per heavy atom. The first-order valence-corrected chi connectivity index (χ1v) is 12.1. The maximum absolute atomic E-state index is 12.4. The van der Waals surface area contributed by atoms with Gasteiger partial charge in [-0.25, -0.2) is 0 Å². The smallest absolute Gasteiger partial charge is 0.308 e. The topological polar surface area (TPSA) is 69.7 Å². The van der Waals surface area contributed by atoms with Crippen molar-refractivity contribution in [2.75, 3.05) is 7.11 Å². The lowest BCUT2D eigenvalue weighted by Gasteiger charge is -2.58. The highest BCUT2D eigenvalue weighted by atomic mass is 16.5. The van der Waals surface area contributed by atoms with E-state index in [-0.39, 0.29) is 40.7 Å². The summed E-state index contributed by atoms with van der Waals surface area (Å²) in [5, 5.41) is 0. The van der Waals surface area contributed by atoms with E-state index in [1.54, 1.807) is 0 Å². The maximum atomic E-state index is 12.4. The Morgan fingerprint density at radius 3 is 2.52 bits per heavy atom. The lowest BCUT2D eigenvalue weighted by Crippen LogP contribution is -2.50. The van der Waals surface area contributed by atoms with E-state index in [1.807, 2.05) is 6.92 Å². The Hall–Kier alpha value is -1.65. The van der Waals surface area contributed by atoms with Crippen LogP contribution in [0.3, 0.4) is 0 Å². The molecule has 0 spiro atoms. The average Bonchev–Trinajstić information content (AvgIpc) is 3.08. The second-order valence-corrected chi connectivity index (χ2v) is 11.1. The largest absolute Gasteiger partial charge is 0.469 e. The van der Waals surface area contributed by atoms with Crippen molar-refractivity contribution in [2.24, 2.45) is 40.4 Å². The van der Waals surface area contributed by atoms with E-state index < -0.39 is 0 Å². The Bertz CT molecular complexity index is 800. The molecule has 3 fully saturated rings. The van der Waals surface area contributed by atoms with Gasteiger partial charge >= 0.3 is 11.9 Å². The van der Waals surface area contributed by atoms with E-state index in [0.717, 1.165) is 63.2 Å². The van der Waals surface area contributed by atoms with E-state index in [1.165, 1.54) is 19.6 Å². The third-order valence-corrected chi connectivity index (χ3v) is 9.78. The molecule has 0 bridgehead atoms. The van der Waals surface area contributed by atoms with E-state index in [2.05, 4.69) is 13.8 Å². The monoisotopic (exact) mass is 430 g/mol. The standard InChI is InChI=1S/C26H38O5/c1-15(24(29)30-5)21-8-9-22-20-7-6-18-12-19(31-16(2)28)10-11-25(18,3)23(20)17(14-27)13-26(21,22)4/h14-15,18-22H,6-13H2,1-5H3/t15-,18+,19+,20?,21+,22?,25-,26+/m0/s1. The van der Waals surface area contributed by atoms with Crippen molar-refractivity contribution in [1.29, 1.82) is 0 Å². The molecule has 5 nitrogen and oxygen atoms in total. The normalized spacial score (nSPS) is 42.7. The second kappa shape index (κ2) is 8.04. The van der Waals surface area contributed by atoms with E-state index in [4.69, 9.17) is 9.47 Å². The number of esters is 2. The van der Waals surface area contributed by atoms with Crippen LogP contribution in [0.4, 0.5) is 0 Å². The molecule has 31 heavy (non-hydrogen) atoms. The van der Waals surface area contributed by atoms with Crippen molar-refractivity contribution in [3.8, 4) is 0 Å². The number of allylic oxidation sites excluding steroid dienone is 2. The molecule has 3 saturated carbocycles. The SMILES string of the molecule is COC(=O)[C@@H](C)[C@H]1CCC2C3CC[C@@H]4C[C@H](OC(C)=O)CC[C@]4(C)C3=C(C=O)C[C@@]21C. The lowest BCUT2D eigenvalue weighted by atomic mass is 9.47. The van der Waals surface area contributed by atoms with Gasteiger partial charge in [-0.15, -0.1) is 0 Å². The highest BCUT2D eigenvalue weighted by Crippen LogP contribution is 2.67. The van der Waals surface area contributed by atoms with Gasteiger partial charge in [-0.2, -0.15) is 0 Å². The summed E-state index contributed by atoms with van der Waals surface area (Å²) in [5.41, 5.74) is 2.39. The van der Waals surface area contributed by atoms with Crippen molar-refractivity contribution in [2.45, 2.75) is 85.2 Å². The molecule has 0 N–H and O–H groups in total. The molecule has 0 aromatic rings. The van der Waals surface area contributed by atoms with Crippen LogP contribution in [0, 0.1) is 40.4 Å². The van der Waals surface area contributed by atoms with E-state index in [0.29, 0.717) is 17.8 Å². The highest BCUT2D eigenvalue weighted by molar-refractivity contribution is 5.77. The van der Waals surface area contributed by atoms with Gasteiger partial charge in [0.05, 0.1) is 13.0 Å². The molecule has 4 aliphatic rings. The van der Waals surface area contributed by atoms with Gasteiger partial charge in [-0.05, 0) is 91.4 Å². The number of hydrogen-bond acceptors (Lipinski definition) is 5. The molecule has 5 heteroatoms. The summed E-state index contributed by atoms with van der Waals surface area (Å²) in [5.74, 6) is 1.20. The van der Waals surface area contributed by atoms with Crippen LogP contribution in [0.2, 0.25) is 0 Å². The van der Waals surface area contributed by atoms with Crippen molar-refractivity contribution in [1.82, 2.24) is 0 Å². The van der Waals surface area contributed by atoms with Crippen molar-refractivity contribution < 1.29 is 23.9 Å². The molecule has 0 aliphatic heterocycles. The van der Waals surface area contributed by atoms with Gasteiger partial charge in [0.1, 0.15) is 12.4 Å². The van der Waals surface area contributed by atoms with Crippen molar-refractivity contribution in [3.05, 3.63) is 11.1 Å². The number of fused-ring (bicyclic) bond motifs is 5. The molecule has 4 rings (SSSR count). The summed E-state index contributed by atoms with van der Waals surface area (Å²) in [7, 11) is 1.47. The summed E-state index contributed by atoms with van der Waals surface area (Å²) in [4.78, 5) is 36.3. The van der Waals surface area contributed by atoms with Gasteiger partial charge in [0.25, 0.3) is 0 Å². The Kier molecular flexibility index (Phi) is 5.85. The van der Waals surface area contributed by atoms with Crippen LogP contribution < -0.4 is 0 Å². The summed E-state index contributed by atoms with van der Waals surface area (Å²) >= 11 is 0. The van der Waals surface area contributed by atoms with Gasteiger partial charge in [0.15, 0.2) is 0 Å². The van der Waals surface area contributed by atoms with Gasteiger partial charge in [0.2, 0.25) is 0 Å². The molecular formula is C26H38O5. The number of rotatable bonds is 4. The van der Waals surface area contributed by atoms with Crippen molar-refractivity contribution in [3.63, 3.8) is 0 Å². The number of aldehydes is 1. The molecule has 0 heterocycles. The zero-order valence-corrected chi connectivity index (χ0v) is 19.7. The molecule has 2 unspecified atom stereocenters. The highest BCUT2D eigenvalue weighted by Gasteiger charge is 2.60. The molecule has 0 amide bonds. The van der Waals surface area contributed by atoms with Crippen LogP contribution in [0.25, 0.3) is 0 Å². The molecule has 0 saturated heterocycles. The zero-order valence-electron chi connectivity index (χ0n) is 19.7. The predicted octanol–water partition coefficient (Wildman–Crippen LogP) is 4.88. The quantitative estimate of drug-likeness (QED) is 0.470. The first-order chi connectivity index (χ1) is 14.7. The number of carbonyl (C=O) groups excluding carboxylic acids is 3. The molecular weight excluding hydrogens is 392 g/mol. The van der Waals surface area contributed by atoms with Gasteiger partial charge < -0.3 is 9.47 Å². The summed E-state index contributed by atoms with van der Waals surface area (Å²) < 4.78 is 10.6. The number of carbonyl (C=O) groups is 3. The Labute approximate surface area is 186 Å². The molecule has 4 aliphatic carbocycles. The minimum absolute atomic E-state index is 0.0121. The maximum Gasteiger partial charge on any atom is 0.308 e. The third kappa shape index (κ3) is 3.47. The van der Waals surface area contributed by atoms with Crippen LogP contribution in [0.1, 0.15) is 79.1 Å². The number of hydrogen-bond donors (Lipinski definition) is 0. The molecule has 0 radical (unpaired) electrons. The van der Waals surface area contributed by atoms with Crippen LogP contribution in [0.5, 0.6) is 0 Å². The second-order valence-electron chi connectivity index (χ2n) is 11.1. The predicted molar refractivity (Wildman–Crippen MR) is 117 cm³/mol. The summed E-state index contributed by atoms with van der Waals surface area (Å²) in [6.45, 7) is 8.17. The van der Waals surface area contributed by atoms with Crippen LogP contribution in [-0.4, -0.2) is 31.4 Å². The van der Waals surface area contributed by atoms with Gasteiger partial charge in [-0.1, -0.05) is 26.3 Å². The molecule has 0 aromatic carbocycles. The van der Waals surface area contributed by atoms with Gasteiger partial charge in [0, 0.05) is 6.92 Å². The Morgan fingerprint density at radius 2 is 1.87 bits per heavy atom. The number of methoxy groups -OCH3 is 1. The minimum atomic E-state index is -0.194. The number of ether oxygens (including phenoxy) is 2. The van der Waals surface area contributed by atoms with E-state index >= 15 is 0 Å². The lowest BCUT2D eigenvalue weighted by molar-refractivity contribution is -0.151. The summed E-state index contributed by atoms with van der Waals surface area (Å²) in [6, 6.07) is 0. The third-order valence-electron chi connectivity index (χ3n) is 9.78. The van der Waals surface area contributed by atoms with E-state index in [9.17, 15) is 14.4 Å². The molecule has 0 aromatic heterocycles. The first kappa shape index (κ1) is 22.5. The van der Waals surface area contributed by atoms with Crippen LogP contribution in [-0.2, 0) is 23.9 Å². The van der Waals surface area contributed by atoms with Crippen LogP contribution in [0.15, 0.2) is 11.1 Å². The van der Waals surface area contributed by atoms with Gasteiger partial charge in [-0.3, -0.25) is 14.4 Å². The van der Waals surface area contributed by atoms with Crippen LogP contribution >= 0.6 is 0 Å². The fourth-order valence-corrected chi connectivity index (χ4v) is 8.45. The summed E-state index contributed by atoms with van der Waals surface area (Å²) in [6.07, 6.45) is 9.03. The molecule has 8 atom stereocenters. The van der Waals surface area contributed by atoms with Crippen molar-refractivity contribution >= 4 is 18.2 Å². The fourth-order valence-electron chi connectivity index (χ4n) is 8.45. The molecule has 172 valence electrons. The average molecular weight is 431 g/mol. The first-order valence-electron chi connectivity index (χ1n) is 12.1. The fraction of sp³-hybridized carbons (Fsp3) is 0.808. The Balaban J connectivity index is 1.67.